The summed E-state index contributed by atoms with van der Waals surface area (Å²) in [5.74, 6) is 0. The van der Waals surface area contributed by atoms with Crippen molar-refractivity contribution in [2.24, 2.45) is 0 Å². The summed E-state index contributed by atoms with van der Waals surface area (Å²) in [4.78, 5) is 24.4. The standard InChI is InChI=1S/C10H9NO2/c12-6-2-1-3-10-7-9(8-13)4-5-11-10/h1,3-8H,2H2. The molecule has 13 heavy (non-hydrogen) atoms. The first-order valence-electron chi connectivity index (χ1n) is 3.88. The van der Waals surface area contributed by atoms with Gasteiger partial charge in [0, 0.05) is 18.2 Å². The highest BCUT2D eigenvalue weighted by molar-refractivity contribution is 5.75. The van der Waals surface area contributed by atoms with Crippen molar-refractivity contribution in [3.05, 3.63) is 35.7 Å². The monoisotopic (exact) mass is 175 g/mol. The van der Waals surface area contributed by atoms with Crippen LogP contribution in [0.3, 0.4) is 0 Å². The van der Waals surface area contributed by atoms with Gasteiger partial charge < -0.3 is 4.79 Å². The van der Waals surface area contributed by atoms with E-state index in [1.807, 2.05) is 0 Å². The summed E-state index contributed by atoms with van der Waals surface area (Å²) in [6, 6.07) is 3.29. The Morgan fingerprint density at radius 1 is 1.38 bits per heavy atom. The van der Waals surface area contributed by atoms with Crippen molar-refractivity contribution in [3.63, 3.8) is 0 Å². The molecule has 0 radical (unpaired) electrons. The maximum atomic E-state index is 10.4. The molecule has 1 heterocycles. The van der Waals surface area contributed by atoms with Crippen LogP contribution in [-0.4, -0.2) is 17.6 Å². The summed E-state index contributed by atoms with van der Waals surface area (Å²) in [6.07, 6.45) is 6.90. The van der Waals surface area contributed by atoms with E-state index in [0.717, 1.165) is 12.6 Å². The molecule has 3 nitrogen and oxygen atoms in total. The highest BCUT2D eigenvalue weighted by atomic mass is 16.1. The van der Waals surface area contributed by atoms with Crippen LogP contribution in [0.1, 0.15) is 22.5 Å². The van der Waals surface area contributed by atoms with Crippen LogP contribution in [0.5, 0.6) is 0 Å². The van der Waals surface area contributed by atoms with E-state index in [2.05, 4.69) is 4.98 Å². The van der Waals surface area contributed by atoms with E-state index in [1.165, 1.54) is 0 Å². The molecule has 0 atom stereocenters. The number of aromatic nitrogens is 1. The van der Waals surface area contributed by atoms with Gasteiger partial charge in [0.05, 0.1) is 5.69 Å². The maximum absolute atomic E-state index is 10.4. The third-order valence-electron chi connectivity index (χ3n) is 1.46. The number of rotatable bonds is 4. The van der Waals surface area contributed by atoms with Crippen molar-refractivity contribution >= 4 is 18.6 Å². The lowest BCUT2D eigenvalue weighted by Crippen LogP contribution is -1.84. The third kappa shape index (κ3) is 2.99. The molecule has 1 aromatic rings. The lowest BCUT2D eigenvalue weighted by Gasteiger charge is -1.92. The van der Waals surface area contributed by atoms with E-state index in [-0.39, 0.29) is 0 Å². The fourth-order valence-electron chi connectivity index (χ4n) is 0.874. The van der Waals surface area contributed by atoms with E-state index < -0.39 is 0 Å². The summed E-state index contributed by atoms with van der Waals surface area (Å²) in [5.41, 5.74) is 1.27. The Bertz CT molecular complexity index is 331. The minimum Gasteiger partial charge on any atom is -0.303 e. The van der Waals surface area contributed by atoms with Crippen molar-refractivity contribution < 1.29 is 9.59 Å². The van der Waals surface area contributed by atoms with Gasteiger partial charge in [-0.2, -0.15) is 0 Å². The minimum atomic E-state index is 0.368. The first-order valence-corrected chi connectivity index (χ1v) is 3.88. The third-order valence-corrected chi connectivity index (χ3v) is 1.46. The summed E-state index contributed by atoms with van der Waals surface area (Å²) >= 11 is 0. The average Bonchev–Trinajstić information content (AvgIpc) is 2.19. The van der Waals surface area contributed by atoms with E-state index in [1.54, 1.807) is 30.5 Å². The van der Waals surface area contributed by atoms with Crippen LogP contribution < -0.4 is 0 Å². The van der Waals surface area contributed by atoms with Crippen LogP contribution in [0.25, 0.3) is 6.08 Å². The normalized spacial score (nSPS) is 10.2. The van der Waals surface area contributed by atoms with Gasteiger partial charge in [-0.3, -0.25) is 9.78 Å². The fourth-order valence-corrected chi connectivity index (χ4v) is 0.874. The minimum absolute atomic E-state index is 0.368. The van der Waals surface area contributed by atoms with Crippen LogP contribution in [0.2, 0.25) is 0 Å². The summed E-state index contributed by atoms with van der Waals surface area (Å²) in [7, 11) is 0. The van der Waals surface area contributed by atoms with Crippen molar-refractivity contribution in [3.8, 4) is 0 Å². The molecule has 0 unspecified atom stereocenters. The van der Waals surface area contributed by atoms with Gasteiger partial charge in [-0.05, 0) is 18.2 Å². The lowest BCUT2D eigenvalue weighted by molar-refractivity contribution is -0.107. The predicted molar refractivity (Wildman–Crippen MR) is 49.3 cm³/mol. The van der Waals surface area contributed by atoms with Gasteiger partial charge in [-0.25, -0.2) is 0 Å². The molecule has 0 saturated carbocycles. The molecule has 1 aromatic heterocycles. The number of nitrogens with zero attached hydrogens (tertiary/aromatic N) is 1. The molecule has 0 aliphatic heterocycles. The van der Waals surface area contributed by atoms with E-state index in [4.69, 9.17) is 0 Å². The van der Waals surface area contributed by atoms with Crippen LogP contribution in [-0.2, 0) is 4.79 Å². The Morgan fingerprint density at radius 3 is 2.92 bits per heavy atom. The number of carbonyl (C=O) groups is 2. The topological polar surface area (TPSA) is 47.0 Å². The molecule has 1 rings (SSSR count). The van der Waals surface area contributed by atoms with E-state index in [0.29, 0.717) is 17.7 Å². The zero-order chi connectivity index (χ0) is 9.52. The second-order valence-electron chi connectivity index (χ2n) is 2.44. The highest BCUT2D eigenvalue weighted by Crippen LogP contribution is 2.01. The molecule has 0 aliphatic carbocycles. The predicted octanol–water partition coefficient (Wildman–Crippen LogP) is 1.50. The largest absolute Gasteiger partial charge is 0.303 e. The van der Waals surface area contributed by atoms with Gasteiger partial charge in [0.2, 0.25) is 0 Å². The molecule has 0 bridgehead atoms. The first kappa shape index (κ1) is 9.32. The summed E-state index contributed by atoms with van der Waals surface area (Å²) in [5, 5.41) is 0. The maximum Gasteiger partial charge on any atom is 0.150 e. The van der Waals surface area contributed by atoms with Gasteiger partial charge in [0.15, 0.2) is 0 Å². The number of pyridine rings is 1. The Morgan fingerprint density at radius 2 is 2.23 bits per heavy atom. The molecule has 0 saturated heterocycles. The van der Waals surface area contributed by atoms with Crippen molar-refractivity contribution in [2.75, 3.05) is 0 Å². The Labute approximate surface area is 76.1 Å². The zero-order valence-electron chi connectivity index (χ0n) is 7.01. The number of hydrogen-bond acceptors (Lipinski definition) is 3. The SMILES string of the molecule is O=CCC=Cc1cc(C=O)ccn1. The van der Waals surface area contributed by atoms with E-state index in [9.17, 15) is 9.59 Å². The number of carbonyl (C=O) groups excluding carboxylic acids is 2. The van der Waals surface area contributed by atoms with Crippen molar-refractivity contribution in [1.29, 1.82) is 0 Å². The Balaban J connectivity index is 2.76. The van der Waals surface area contributed by atoms with Crippen LogP contribution in [0.15, 0.2) is 24.4 Å². The van der Waals surface area contributed by atoms with Gasteiger partial charge in [-0.1, -0.05) is 6.08 Å². The highest BCUT2D eigenvalue weighted by Gasteiger charge is 1.91. The molecule has 0 aromatic carbocycles. The van der Waals surface area contributed by atoms with Gasteiger partial charge in [0.1, 0.15) is 12.6 Å². The number of hydrogen-bond donors (Lipinski definition) is 0. The van der Waals surface area contributed by atoms with Gasteiger partial charge >= 0.3 is 0 Å². The second kappa shape index (κ2) is 4.98. The Hall–Kier alpha value is -1.77. The fraction of sp³-hybridized carbons (Fsp3) is 0.100. The quantitative estimate of drug-likeness (QED) is 0.651. The van der Waals surface area contributed by atoms with Crippen LogP contribution in [0, 0.1) is 0 Å². The zero-order valence-corrected chi connectivity index (χ0v) is 7.01. The van der Waals surface area contributed by atoms with Crippen LogP contribution in [0.4, 0.5) is 0 Å². The number of aldehydes is 2. The van der Waals surface area contributed by atoms with Crippen molar-refractivity contribution in [1.82, 2.24) is 4.98 Å². The van der Waals surface area contributed by atoms with Crippen molar-refractivity contribution in [2.45, 2.75) is 6.42 Å². The summed E-state index contributed by atoms with van der Waals surface area (Å²) in [6.45, 7) is 0. The summed E-state index contributed by atoms with van der Waals surface area (Å²) < 4.78 is 0. The second-order valence-corrected chi connectivity index (χ2v) is 2.44. The average molecular weight is 175 g/mol. The molecular formula is C10H9NO2. The van der Waals surface area contributed by atoms with Gasteiger partial charge in [0.25, 0.3) is 0 Å². The molecule has 0 fully saturated rings. The molecular weight excluding hydrogens is 166 g/mol. The van der Waals surface area contributed by atoms with Gasteiger partial charge in [-0.15, -0.1) is 0 Å². The molecule has 0 amide bonds. The smallest absolute Gasteiger partial charge is 0.150 e. The Kier molecular flexibility index (Phi) is 3.57. The molecule has 0 N–H and O–H groups in total. The molecule has 0 spiro atoms. The van der Waals surface area contributed by atoms with Crippen LogP contribution >= 0.6 is 0 Å². The van der Waals surface area contributed by atoms with E-state index >= 15 is 0 Å². The number of allylic oxidation sites excluding steroid dienone is 1. The first-order chi connectivity index (χ1) is 6.36. The molecule has 3 heteroatoms. The molecule has 0 aliphatic rings. The lowest BCUT2D eigenvalue weighted by atomic mass is 10.2. The molecule has 66 valence electrons.